The van der Waals surface area contributed by atoms with Crippen LogP contribution in [0.3, 0.4) is 0 Å². The Hall–Kier alpha value is -1.37. The smallest absolute Gasteiger partial charge is 0.293 e. The van der Waals surface area contributed by atoms with Crippen molar-refractivity contribution in [1.82, 2.24) is 5.32 Å². The van der Waals surface area contributed by atoms with Crippen molar-refractivity contribution < 1.29 is 9.66 Å². The third-order valence-electron chi connectivity index (χ3n) is 3.54. The zero-order valence-corrected chi connectivity index (χ0v) is 12.1. The zero-order chi connectivity index (χ0) is 14.6. The number of nitrogens with zero attached hydrogens (tertiary/aromatic N) is 1. The first-order valence-corrected chi connectivity index (χ1v) is 6.86. The number of nitro benzene ring substituents is 1. The monoisotopic (exact) mass is 299 g/mol. The molecule has 0 saturated carbocycles. The van der Waals surface area contributed by atoms with Crippen LogP contribution in [0.1, 0.15) is 12.8 Å². The van der Waals surface area contributed by atoms with E-state index in [9.17, 15) is 10.1 Å². The molecule has 1 unspecified atom stereocenters. The van der Waals surface area contributed by atoms with Gasteiger partial charge in [-0.05, 0) is 25.5 Å². The molecule has 0 aliphatic carbocycles. The number of nitrogens with one attached hydrogen (secondary N) is 2. The summed E-state index contributed by atoms with van der Waals surface area (Å²) < 4.78 is 5.26. The highest BCUT2D eigenvalue weighted by Gasteiger charge is 2.34. The largest absolute Gasteiger partial charge is 0.383 e. The first-order chi connectivity index (χ1) is 9.58. The van der Waals surface area contributed by atoms with Crippen molar-refractivity contribution in [2.75, 3.05) is 32.1 Å². The van der Waals surface area contributed by atoms with Crippen LogP contribution < -0.4 is 10.6 Å². The molecular formula is C13H18ClN3O3. The number of ether oxygens (including phenoxy) is 1. The summed E-state index contributed by atoms with van der Waals surface area (Å²) in [5, 5.41) is 17.9. The van der Waals surface area contributed by atoms with Gasteiger partial charge in [0.05, 0.1) is 22.1 Å². The zero-order valence-electron chi connectivity index (χ0n) is 11.3. The van der Waals surface area contributed by atoms with Crippen LogP contribution in [0.4, 0.5) is 11.4 Å². The van der Waals surface area contributed by atoms with E-state index in [1.807, 2.05) is 0 Å². The molecule has 1 atom stereocenters. The first-order valence-electron chi connectivity index (χ1n) is 6.49. The standard InChI is InChI=1S/C13H18ClN3O3/c1-20-9-13(6-3-7-16-13)8-15-12-10(14)4-2-5-11(12)17(18)19/h2,4-5,15-16H,3,6-9H2,1H3. The van der Waals surface area contributed by atoms with E-state index in [2.05, 4.69) is 10.6 Å². The van der Waals surface area contributed by atoms with Crippen molar-refractivity contribution in [1.29, 1.82) is 0 Å². The maximum Gasteiger partial charge on any atom is 0.293 e. The van der Waals surface area contributed by atoms with E-state index in [0.717, 1.165) is 19.4 Å². The molecule has 1 fully saturated rings. The molecule has 1 aromatic carbocycles. The highest BCUT2D eigenvalue weighted by molar-refractivity contribution is 6.33. The average Bonchev–Trinajstić information content (AvgIpc) is 2.86. The Morgan fingerprint density at radius 3 is 3.00 bits per heavy atom. The molecule has 2 N–H and O–H groups in total. The first kappa shape index (κ1) is 15.0. The molecule has 1 heterocycles. The number of methoxy groups -OCH3 is 1. The van der Waals surface area contributed by atoms with E-state index in [1.165, 1.54) is 6.07 Å². The van der Waals surface area contributed by atoms with Crippen molar-refractivity contribution >= 4 is 23.0 Å². The van der Waals surface area contributed by atoms with Crippen molar-refractivity contribution in [2.45, 2.75) is 18.4 Å². The molecule has 7 heteroatoms. The Balaban J connectivity index is 2.15. The fourth-order valence-corrected chi connectivity index (χ4v) is 2.80. The van der Waals surface area contributed by atoms with E-state index in [-0.39, 0.29) is 11.2 Å². The highest BCUT2D eigenvalue weighted by Crippen LogP contribution is 2.32. The number of benzene rings is 1. The molecule has 0 spiro atoms. The quantitative estimate of drug-likeness (QED) is 0.623. The average molecular weight is 300 g/mol. The summed E-state index contributed by atoms with van der Waals surface area (Å²) in [6.07, 6.45) is 2.03. The van der Waals surface area contributed by atoms with Crippen LogP contribution in [0, 0.1) is 10.1 Å². The van der Waals surface area contributed by atoms with Crippen LogP contribution >= 0.6 is 11.6 Å². The summed E-state index contributed by atoms with van der Waals surface area (Å²) in [7, 11) is 1.65. The van der Waals surface area contributed by atoms with Crippen LogP contribution in [0.2, 0.25) is 5.02 Å². The maximum atomic E-state index is 11.0. The number of anilines is 1. The fourth-order valence-electron chi connectivity index (χ4n) is 2.57. The minimum atomic E-state index is -0.431. The summed E-state index contributed by atoms with van der Waals surface area (Å²) in [4.78, 5) is 10.6. The van der Waals surface area contributed by atoms with E-state index in [1.54, 1.807) is 19.2 Å². The molecule has 0 aromatic heterocycles. The van der Waals surface area contributed by atoms with Crippen LogP contribution in [0.15, 0.2) is 18.2 Å². The third-order valence-corrected chi connectivity index (χ3v) is 3.86. The molecule has 1 aliphatic rings. The lowest BCUT2D eigenvalue weighted by Crippen LogP contribution is -2.49. The van der Waals surface area contributed by atoms with Crippen LogP contribution in [0.25, 0.3) is 0 Å². The highest BCUT2D eigenvalue weighted by atomic mass is 35.5. The number of halogens is 1. The number of hydrogen-bond acceptors (Lipinski definition) is 5. The van der Waals surface area contributed by atoms with Gasteiger partial charge in [-0.3, -0.25) is 10.1 Å². The second-order valence-electron chi connectivity index (χ2n) is 4.99. The molecule has 0 amide bonds. The SMILES string of the molecule is COCC1(CNc2c(Cl)cccc2[N+](=O)[O-])CCCN1. The molecule has 2 rings (SSSR count). The molecule has 110 valence electrons. The van der Waals surface area contributed by atoms with Crippen LogP contribution in [-0.4, -0.2) is 37.3 Å². The Bertz CT molecular complexity index is 490. The predicted octanol–water partition coefficient (Wildman–Crippen LogP) is 2.43. The minimum Gasteiger partial charge on any atom is -0.383 e. The molecule has 0 radical (unpaired) electrons. The van der Waals surface area contributed by atoms with E-state index in [4.69, 9.17) is 16.3 Å². The van der Waals surface area contributed by atoms with Gasteiger partial charge in [-0.1, -0.05) is 17.7 Å². The number of para-hydroxylation sites is 1. The topological polar surface area (TPSA) is 76.4 Å². The van der Waals surface area contributed by atoms with Gasteiger partial charge < -0.3 is 15.4 Å². The van der Waals surface area contributed by atoms with Gasteiger partial charge in [0.25, 0.3) is 5.69 Å². The number of nitro groups is 1. The molecular weight excluding hydrogens is 282 g/mol. The summed E-state index contributed by atoms with van der Waals surface area (Å²) in [6, 6.07) is 4.66. The minimum absolute atomic E-state index is 0.0111. The van der Waals surface area contributed by atoms with Gasteiger partial charge in [-0.15, -0.1) is 0 Å². The second kappa shape index (κ2) is 6.39. The van der Waals surface area contributed by atoms with Crippen molar-refractivity contribution in [3.63, 3.8) is 0 Å². The van der Waals surface area contributed by atoms with E-state index < -0.39 is 4.92 Å². The molecule has 1 aromatic rings. The Morgan fingerprint density at radius 1 is 1.60 bits per heavy atom. The lowest BCUT2D eigenvalue weighted by Gasteiger charge is -2.29. The lowest BCUT2D eigenvalue weighted by molar-refractivity contribution is -0.383. The third kappa shape index (κ3) is 3.20. The summed E-state index contributed by atoms with van der Waals surface area (Å²) in [5.74, 6) is 0. The van der Waals surface area contributed by atoms with E-state index >= 15 is 0 Å². The summed E-state index contributed by atoms with van der Waals surface area (Å²) >= 11 is 6.06. The second-order valence-corrected chi connectivity index (χ2v) is 5.40. The van der Waals surface area contributed by atoms with Crippen molar-refractivity contribution in [3.05, 3.63) is 33.3 Å². The van der Waals surface area contributed by atoms with Crippen LogP contribution in [0.5, 0.6) is 0 Å². The van der Waals surface area contributed by atoms with Crippen LogP contribution in [-0.2, 0) is 4.74 Å². The maximum absolute atomic E-state index is 11.0. The summed E-state index contributed by atoms with van der Waals surface area (Å²) in [5.41, 5.74) is 0.160. The van der Waals surface area contributed by atoms with Gasteiger partial charge in [0.2, 0.25) is 0 Å². The number of hydrogen-bond donors (Lipinski definition) is 2. The predicted molar refractivity (Wildman–Crippen MR) is 78.4 cm³/mol. The molecule has 6 nitrogen and oxygen atoms in total. The lowest BCUT2D eigenvalue weighted by atomic mass is 9.98. The van der Waals surface area contributed by atoms with Crippen molar-refractivity contribution in [2.24, 2.45) is 0 Å². The van der Waals surface area contributed by atoms with Gasteiger partial charge in [-0.2, -0.15) is 0 Å². The van der Waals surface area contributed by atoms with Gasteiger partial charge in [0.15, 0.2) is 0 Å². The Kier molecular flexibility index (Phi) is 4.80. The summed E-state index contributed by atoms with van der Waals surface area (Å²) in [6.45, 7) is 2.01. The van der Waals surface area contributed by atoms with Gasteiger partial charge in [0.1, 0.15) is 5.69 Å². The number of rotatable bonds is 6. The molecule has 1 saturated heterocycles. The van der Waals surface area contributed by atoms with Gasteiger partial charge in [-0.25, -0.2) is 0 Å². The normalized spacial score (nSPS) is 21.9. The Morgan fingerprint density at radius 2 is 2.40 bits per heavy atom. The molecule has 1 aliphatic heterocycles. The van der Waals surface area contributed by atoms with Gasteiger partial charge in [0, 0.05) is 19.7 Å². The Labute approximate surface area is 122 Å². The molecule has 0 bridgehead atoms. The van der Waals surface area contributed by atoms with Crippen molar-refractivity contribution in [3.8, 4) is 0 Å². The fraction of sp³-hybridized carbons (Fsp3) is 0.538. The molecule has 20 heavy (non-hydrogen) atoms. The van der Waals surface area contributed by atoms with Gasteiger partial charge >= 0.3 is 0 Å². The van der Waals surface area contributed by atoms with E-state index in [0.29, 0.717) is 23.9 Å².